The second-order valence-electron chi connectivity index (χ2n) is 9.56. The van der Waals surface area contributed by atoms with Crippen molar-refractivity contribution in [3.63, 3.8) is 0 Å². The molecule has 0 radical (unpaired) electrons. The Bertz CT molecular complexity index is 1140. The van der Waals surface area contributed by atoms with Crippen molar-refractivity contribution in [2.45, 2.75) is 44.1 Å². The number of rotatable bonds is 4. The van der Waals surface area contributed by atoms with E-state index in [2.05, 4.69) is 40.1 Å². The Kier molecular flexibility index (Phi) is 6.14. The highest BCUT2D eigenvalue weighted by Crippen LogP contribution is 2.38. The van der Waals surface area contributed by atoms with Gasteiger partial charge in [-0.25, -0.2) is 4.98 Å². The summed E-state index contributed by atoms with van der Waals surface area (Å²) < 4.78 is 12.9. The third-order valence-electron chi connectivity index (χ3n) is 7.37. The molecule has 0 saturated carbocycles. The molecule has 0 unspecified atom stereocenters. The van der Waals surface area contributed by atoms with Crippen LogP contribution in [0.1, 0.15) is 54.6 Å². The van der Waals surface area contributed by atoms with Crippen LogP contribution in [-0.4, -0.2) is 60.1 Å². The van der Waals surface area contributed by atoms with E-state index in [-0.39, 0.29) is 11.9 Å². The van der Waals surface area contributed by atoms with Gasteiger partial charge in [-0.2, -0.15) is 0 Å². The normalized spacial score (nSPS) is 21.6. The first-order valence-corrected chi connectivity index (χ1v) is 13.3. The maximum Gasteiger partial charge on any atom is 0.236 e. The van der Waals surface area contributed by atoms with Crippen molar-refractivity contribution in [1.82, 2.24) is 14.8 Å². The second-order valence-corrected chi connectivity index (χ2v) is 10.6. The molecule has 0 N–H and O–H groups in total. The molecule has 0 aliphatic carbocycles. The van der Waals surface area contributed by atoms with Gasteiger partial charge in [0.1, 0.15) is 0 Å². The summed E-state index contributed by atoms with van der Waals surface area (Å²) >= 11 is 1.81. The number of benzene rings is 2. The minimum Gasteiger partial charge on any atom is -0.490 e. The molecule has 3 aromatic rings. The molecule has 2 fully saturated rings. The van der Waals surface area contributed by atoms with E-state index in [9.17, 15) is 4.79 Å². The third kappa shape index (κ3) is 4.39. The van der Waals surface area contributed by atoms with Gasteiger partial charge in [0.15, 0.2) is 11.5 Å². The lowest BCUT2D eigenvalue weighted by molar-refractivity contribution is -0.133. The molecule has 4 heterocycles. The number of fused-ring (bicyclic) bond motifs is 2. The molecule has 2 aromatic carbocycles. The van der Waals surface area contributed by atoms with E-state index in [1.54, 1.807) is 11.3 Å². The van der Waals surface area contributed by atoms with Crippen molar-refractivity contribution < 1.29 is 14.3 Å². The van der Waals surface area contributed by atoms with E-state index in [1.165, 1.54) is 15.3 Å². The zero-order chi connectivity index (χ0) is 22.9. The van der Waals surface area contributed by atoms with E-state index in [0.717, 1.165) is 68.8 Å². The highest BCUT2D eigenvalue weighted by atomic mass is 32.1. The molecule has 34 heavy (non-hydrogen) atoms. The van der Waals surface area contributed by atoms with Crippen molar-refractivity contribution in [2.24, 2.45) is 0 Å². The molecule has 1 atom stereocenters. The molecule has 1 aromatic heterocycles. The van der Waals surface area contributed by atoms with E-state index >= 15 is 0 Å². The molecule has 7 heteroatoms. The minimum atomic E-state index is 0.254. The van der Waals surface area contributed by atoms with Gasteiger partial charge in [-0.1, -0.05) is 18.2 Å². The van der Waals surface area contributed by atoms with E-state index in [0.29, 0.717) is 25.7 Å². The Balaban J connectivity index is 1.08. The van der Waals surface area contributed by atoms with Crippen LogP contribution in [0, 0.1) is 0 Å². The summed E-state index contributed by atoms with van der Waals surface area (Å²) in [6.45, 7) is 4.49. The van der Waals surface area contributed by atoms with Gasteiger partial charge < -0.3 is 14.4 Å². The highest BCUT2D eigenvalue weighted by molar-refractivity contribution is 7.18. The first kappa shape index (κ1) is 21.9. The lowest BCUT2D eigenvalue weighted by Crippen LogP contribution is -2.43. The molecule has 2 saturated heterocycles. The Labute approximate surface area is 204 Å². The molecule has 0 bridgehead atoms. The second kappa shape index (κ2) is 9.55. The molecular weight excluding hydrogens is 446 g/mol. The van der Waals surface area contributed by atoms with Gasteiger partial charge in [-0.15, -0.1) is 11.3 Å². The third-order valence-corrected chi connectivity index (χ3v) is 8.56. The SMILES string of the molecule is O=C(CN1CCC[C@@H]1c1ccc2c(c1)OCCCO2)N1CCC(c2nc3ccccc3s2)CC1. The van der Waals surface area contributed by atoms with E-state index in [1.807, 2.05) is 12.1 Å². The monoisotopic (exact) mass is 477 g/mol. The molecule has 0 spiro atoms. The molecule has 6 rings (SSSR count). The number of thiazole rings is 1. The number of nitrogens with zero attached hydrogens (tertiary/aromatic N) is 3. The zero-order valence-electron chi connectivity index (χ0n) is 19.4. The van der Waals surface area contributed by atoms with Gasteiger partial charge in [0.05, 0.1) is 35.0 Å². The van der Waals surface area contributed by atoms with Crippen LogP contribution in [0.4, 0.5) is 0 Å². The van der Waals surface area contributed by atoms with Gasteiger partial charge in [-0.3, -0.25) is 9.69 Å². The smallest absolute Gasteiger partial charge is 0.236 e. The Morgan fingerprint density at radius 2 is 1.79 bits per heavy atom. The summed E-state index contributed by atoms with van der Waals surface area (Å²) in [6, 6.07) is 14.9. The van der Waals surface area contributed by atoms with Gasteiger partial charge >= 0.3 is 0 Å². The van der Waals surface area contributed by atoms with Crippen LogP contribution >= 0.6 is 11.3 Å². The summed E-state index contributed by atoms with van der Waals surface area (Å²) in [5.41, 5.74) is 2.32. The van der Waals surface area contributed by atoms with Crippen molar-refractivity contribution in [3.8, 4) is 11.5 Å². The summed E-state index contributed by atoms with van der Waals surface area (Å²) in [4.78, 5) is 22.5. The summed E-state index contributed by atoms with van der Waals surface area (Å²) in [7, 11) is 0. The van der Waals surface area contributed by atoms with Crippen LogP contribution in [0.3, 0.4) is 0 Å². The quantitative estimate of drug-likeness (QED) is 0.529. The first-order valence-electron chi connectivity index (χ1n) is 12.5. The van der Waals surface area contributed by atoms with Gasteiger partial charge in [0, 0.05) is 31.5 Å². The minimum absolute atomic E-state index is 0.254. The van der Waals surface area contributed by atoms with Crippen molar-refractivity contribution in [1.29, 1.82) is 0 Å². The number of likely N-dealkylation sites (tertiary alicyclic amines) is 2. The topological polar surface area (TPSA) is 54.9 Å². The Morgan fingerprint density at radius 1 is 0.971 bits per heavy atom. The number of carbonyl (C=O) groups excluding carboxylic acids is 1. The lowest BCUT2D eigenvalue weighted by atomic mass is 9.97. The zero-order valence-corrected chi connectivity index (χ0v) is 20.3. The van der Waals surface area contributed by atoms with Crippen LogP contribution < -0.4 is 9.47 Å². The predicted octanol–water partition coefficient (Wildman–Crippen LogP) is 5.00. The van der Waals surface area contributed by atoms with Crippen LogP contribution in [0.15, 0.2) is 42.5 Å². The predicted molar refractivity (Wildman–Crippen MR) is 134 cm³/mol. The number of hydrogen-bond donors (Lipinski definition) is 0. The molecule has 3 aliphatic rings. The largest absolute Gasteiger partial charge is 0.490 e. The Hall–Kier alpha value is -2.64. The molecular formula is C27H31N3O3S. The molecule has 1 amide bonds. The molecule has 3 aliphatic heterocycles. The maximum absolute atomic E-state index is 13.2. The van der Waals surface area contributed by atoms with Crippen molar-refractivity contribution >= 4 is 27.5 Å². The number of hydrogen-bond acceptors (Lipinski definition) is 6. The molecule has 178 valence electrons. The van der Waals surface area contributed by atoms with E-state index < -0.39 is 0 Å². The van der Waals surface area contributed by atoms with Crippen molar-refractivity contribution in [2.75, 3.05) is 39.4 Å². The van der Waals surface area contributed by atoms with Crippen LogP contribution in [0.5, 0.6) is 11.5 Å². The average molecular weight is 478 g/mol. The number of amides is 1. The summed E-state index contributed by atoms with van der Waals surface area (Å²) in [5.74, 6) is 2.38. The number of piperidine rings is 1. The summed E-state index contributed by atoms with van der Waals surface area (Å²) in [6.07, 6.45) is 5.09. The van der Waals surface area contributed by atoms with Crippen LogP contribution in [0.2, 0.25) is 0 Å². The fraction of sp³-hybridized carbons (Fsp3) is 0.481. The molecule has 6 nitrogen and oxygen atoms in total. The lowest BCUT2D eigenvalue weighted by Gasteiger charge is -2.33. The van der Waals surface area contributed by atoms with Gasteiger partial charge in [0.2, 0.25) is 5.91 Å². The summed E-state index contributed by atoms with van der Waals surface area (Å²) in [5, 5.41) is 1.22. The fourth-order valence-corrected chi connectivity index (χ4v) is 6.63. The number of ether oxygens (including phenoxy) is 2. The number of carbonyl (C=O) groups is 1. The van der Waals surface area contributed by atoms with Crippen molar-refractivity contribution in [3.05, 3.63) is 53.0 Å². The van der Waals surface area contributed by atoms with Gasteiger partial charge in [-0.05, 0) is 62.1 Å². The van der Waals surface area contributed by atoms with Crippen LogP contribution in [0.25, 0.3) is 10.2 Å². The van der Waals surface area contributed by atoms with Crippen LogP contribution in [-0.2, 0) is 4.79 Å². The number of para-hydroxylation sites is 1. The average Bonchev–Trinajstić information content (AvgIpc) is 3.45. The highest BCUT2D eigenvalue weighted by Gasteiger charge is 2.32. The standard InChI is InChI=1S/C27H31N3O3S/c31-26(29-13-10-19(11-14-29)27-28-21-5-1-2-7-25(21)34-27)18-30-12-3-6-22(30)20-8-9-23-24(17-20)33-16-4-15-32-23/h1-2,5,7-9,17,19,22H,3-4,6,10-16,18H2/t22-/m1/s1. The maximum atomic E-state index is 13.2. The first-order chi connectivity index (χ1) is 16.7. The number of aromatic nitrogens is 1. The Morgan fingerprint density at radius 3 is 2.65 bits per heavy atom. The van der Waals surface area contributed by atoms with Gasteiger partial charge in [0.25, 0.3) is 0 Å². The fourth-order valence-electron chi connectivity index (χ4n) is 5.49. The van der Waals surface area contributed by atoms with E-state index in [4.69, 9.17) is 14.5 Å².